The van der Waals surface area contributed by atoms with E-state index >= 15 is 0 Å². The van der Waals surface area contributed by atoms with Gasteiger partial charge in [-0.05, 0) is 5.56 Å². The van der Waals surface area contributed by atoms with Crippen LogP contribution in [0.4, 0.5) is 10.6 Å². The Labute approximate surface area is 108 Å². The Hall–Kier alpha value is -2.83. The molecule has 0 saturated heterocycles. The number of aromatic amines is 1. The number of nitrogens with zero attached hydrogens (tertiary/aromatic N) is 1. The average Bonchev–Trinajstić information content (AvgIpc) is 2.86. The van der Waals surface area contributed by atoms with E-state index in [2.05, 4.69) is 15.5 Å². The van der Waals surface area contributed by atoms with Crippen molar-refractivity contribution in [1.82, 2.24) is 10.2 Å². The number of carbonyl (C=O) groups excluding carboxylic acids is 1. The molecule has 0 bridgehead atoms. The summed E-state index contributed by atoms with van der Waals surface area (Å²) in [5.74, 6) is -1.20. The van der Waals surface area contributed by atoms with Gasteiger partial charge < -0.3 is 9.84 Å². The van der Waals surface area contributed by atoms with Gasteiger partial charge in [0, 0.05) is 0 Å². The molecule has 0 aliphatic heterocycles. The van der Waals surface area contributed by atoms with Crippen LogP contribution >= 0.6 is 0 Å². The third-order valence-corrected chi connectivity index (χ3v) is 2.31. The second-order valence-corrected chi connectivity index (χ2v) is 3.65. The number of ether oxygens (including phenoxy) is 1. The number of nitrogens with one attached hydrogen (secondary N) is 2. The molecule has 1 aromatic carbocycles. The summed E-state index contributed by atoms with van der Waals surface area (Å²) < 4.78 is 4.95. The van der Waals surface area contributed by atoms with Gasteiger partial charge in [0.1, 0.15) is 18.0 Å². The maximum absolute atomic E-state index is 11.5. The average molecular weight is 261 g/mol. The van der Waals surface area contributed by atoms with Gasteiger partial charge in [0.2, 0.25) is 0 Å². The number of amides is 1. The summed E-state index contributed by atoms with van der Waals surface area (Å²) in [7, 11) is 0. The SMILES string of the molecule is O=C(Nc1[nH]ncc1C(=O)O)OCc1ccccc1. The maximum atomic E-state index is 11.5. The fourth-order valence-electron chi connectivity index (χ4n) is 1.40. The first kappa shape index (κ1) is 12.6. The molecule has 7 nitrogen and oxygen atoms in total. The number of carbonyl (C=O) groups is 2. The van der Waals surface area contributed by atoms with E-state index in [4.69, 9.17) is 9.84 Å². The number of benzene rings is 1. The summed E-state index contributed by atoms with van der Waals surface area (Å²) in [6.45, 7) is 0.100. The van der Waals surface area contributed by atoms with Crippen LogP contribution in [0.1, 0.15) is 15.9 Å². The summed E-state index contributed by atoms with van der Waals surface area (Å²) in [4.78, 5) is 22.3. The van der Waals surface area contributed by atoms with Crippen LogP contribution in [0.5, 0.6) is 0 Å². The third-order valence-electron chi connectivity index (χ3n) is 2.31. The lowest BCUT2D eigenvalue weighted by atomic mass is 10.2. The minimum atomic E-state index is -1.19. The van der Waals surface area contributed by atoms with Crippen molar-refractivity contribution >= 4 is 17.9 Å². The molecule has 0 spiro atoms. The molecule has 0 saturated carbocycles. The van der Waals surface area contributed by atoms with E-state index in [1.54, 1.807) is 0 Å². The molecular weight excluding hydrogens is 250 g/mol. The van der Waals surface area contributed by atoms with Gasteiger partial charge >= 0.3 is 12.1 Å². The lowest BCUT2D eigenvalue weighted by molar-refractivity contribution is 0.0698. The molecule has 0 fully saturated rings. The summed E-state index contributed by atoms with van der Waals surface area (Å²) in [5, 5.41) is 17.0. The zero-order valence-corrected chi connectivity index (χ0v) is 9.79. The molecule has 7 heteroatoms. The Kier molecular flexibility index (Phi) is 3.77. The van der Waals surface area contributed by atoms with Gasteiger partial charge in [-0.25, -0.2) is 9.59 Å². The van der Waals surface area contributed by atoms with E-state index in [0.29, 0.717) is 0 Å². The largest absolute Gasteiger partial charge is 0.477 e. The minimum Gasteiger partial charge on any atom is -0.477 e. The van der Waals surface area contributed by atoms with Gasteiger partial charge in [-0.15, -0.1) is 0 Å². The highest BCUT2D eigenvalue weighted by molar-refractivity contribution is 5.97. The molecule has 1 heterocycles. The zero-order valence-electron chi connectivity index (χ0n) is 9.79. The highest BCUT2D eigenvalue weighted by Crippen LogP contribution is 2.11. The first-order valence-corrected chi connectivity index (χ1v) is 5.41. The second kappa shape index (κ2) is 5.67. The lowest BCUT2D eigenvalue weighted by Crippen LogP contribution is -2.15. The molecule has 98 valence electrons. The first-order valence-electron chi connectivity index (χ1n) is 5.41. The number of H-pyrrole nitrogens is 1. The highest BCUT2D eigenvalue weighted by atomic mass is 16.5. The van der Waals surface area contributed by atoms with Crippen LogP contribution in [-0.4, -0.2) is 27.4 Å². The summed E-state index contributed by atoms with van der Waals surface area (Å²) in [5.41, 5.74) is 0.706. The Morgan fingerprint density at radius 3 is 2.74 bits per heavy atom. The number of hydrogen-bond donors (Lipinski definition) is 3. The van der Waals surface area contributed by atoms with Gasteiger partial charge in [0.15, 0.2) is 0 Å². The summed E-state index contributed by atoms with van der Waals surface area (Å²) in [6, 6.07) is 9.13. The van der Waals surface area contributed by atoms with Crippen molar-refractivity contribution in [2.24, 2.45) is 0 Å². The number of anilines is 1. The molecule has 0 aliphatic rings. The predicted molar refractivity (Wildman–Crippen MR) is 65.8 cm³/mol. The second-order valence-electron chi connectivity index (χ2n) is 3.65. The third kappa shape index (κ3) is 3.32. The molecular formula is C12H11N3O4. The van der Waals surface area contributed by atoms with Crippen LogP contribution in [0.2, 0.25) is 0 Å². The monoisotopic (exact) mass is 261 g/mol. The van der Waals surface area contributed by atoms with Crippen molar-refractivity contribution in [3.8, 4) is 0 Å². The molecule has 0 atom stereocenters. The van der Waals surface area contributed by atoms with Crippen molar-refractivity contribution in [2.75, 3.05) is 5.32 Å². The van der Waals surface area contributed by atoms with Crippen molar-refractivity contribution in [1.29, 1.82) is 0 Å². The summed E-state index contributed by atoms with van der Waals surface area (Å²) in [6.07, 6.45) is 0.352. The van der Waals surface area contributed by atoms with Crippen LogP contribution in [-0.2, 0) is 11.3 Å². The molecule has 2 aromatic rings. The molecule has 3 N–H and O–H groups in total. The predicted octanol–water partition coefficient (Wildman–Crippen LogP) is 1.86. The molecule has 0 radical (unpaired) electrons. The van der Waals surface area contributed by atoms with Crippen LogP contribution in [0, 0.1) is 0 Å². The number of rotatable bonds is 4. The Morgan fingerprint density at radius 2 is 2.05 bits per heavy atom. The number of aromatic carboxylic acids is 1. The van der Waals surface area contributed by atoms with E-state index < -0.39 is 12.1 Å². The van der Waals surface area contributed by atoms with Crippen LogP contribution in [0.25, 0.3) is 0 Å². The molecule has 0 aliphatic carbocycles. The van der Waals surface area contributed by atoms with E-state index in [9.17, 15) is 9.59 Å². The van der Waals surface area contributed by atoms with Crippen molar-refractivity contribution in [3.05, 3.63) is 47.7 Å². The number of carboxylic acids is 1. The fourth-order valence-corrected chi connectivity index (χ4v) is 1.40. The van der Waals surface area contributed by atoms with Crippen molar-refractivity contribution in [2.45, 2.75) is 6.61 Å². The summed E-state index contributed by atoms with van der Waals surface area (Å²) >= 11 is 0. The Bertz CT molecular complexity index is 580. The fraction of sp³-hybridized carbons (Fsp3) is 0.0833. The Morgan fingerprint density at radius 1 is 1.32 bits per heavy atom. The molecule has 1 amide bonds. The standard InChI is InChI=1S/C12H11N3O4/c16-11(17)9-6-13-15-10(9)14-12(18)19-7-8-4-2-1-3-5-8/h1-6H,7H2,(H,16,17)(H2,13,14,15,18). The molecule has 0 unspecified atom stereocenters. The van der Waals surface area contributed by atoms with Crippen LogP contribution in [0.15, 0.2) is 36.5 Å². The topological polar surface area (TPSA) is 104 Å². The van der Waals surface area contributed by atoms with E-state index in [-0.39, 0.29) is 18.0 Å². The lowest BCUT2D eigenvalue weighted by Gasteiger charge is -2.06. The first-order chi connectivity index (χ1) is 9.16. The molecule has 2 rings (SSSR count). The number of aromatic nitrogens is 2. The molecule has 1 aromatic heterocycles. The Balaban J connectivity index is 1.91. The van der Waals surface area contributed by atoms with Crippen LogP contribution in [0.3, 0.4) is 0 Å². The van der Waals surface area contributed by atoms with Gasteiger partial charge in [-0.2, -0.15) is 5.10 Å². The van der Waals surface area contributed by atoms with E-state index in [1.807, 2.05) is 30.3 Å². The maximum Gasteiger partial charge on any atom is 0.413 e. The zero-order chi connectivity index (χ0) is 13.7. The van der Waals surface area contributed by atoms with Gasteiger partial charge in [-0.3, -0.25) is 10.4 Å². The minimum absolute atomic E-state index is 0.00874. The number of hydrogen-bond acceptors (Lipinski definition) is 4. The van der Waals surface area contributed by atoms with Gasteiger partial charge in [0.25, 0.3) is 0 Å². The normalized spacial score (nSPS) is 9.89. The highest BCUT2D eigenvalue weighted by Gasteiger charge is 2.15. The smallest absolute Gasteiger partial charge is 0.413 e. The quantitative estimate of drug-likeness (QED) is 0.779. The van der Waals surface area contributed by atoms with E-state index in [1.165, 1.54) is 0 Å². The van der Waals surface area contributed by atoms with Crippen molar-refractivity contribution < 1.29 is 19.4 Å². The van der Waals surface area contributed by atoms with E-state index in [0.717, 1.165) is 11.8 Å². The number of carboxylic acid groups (broad SMARTS) is 1. The van der Waals surface area contributed by atoms with Crippen LogP contribution < -0.4 is 5.32 Å². The van der Waals surface area contributed by atoms with Gasteiger partial charge in [0.05, 0.1) is 6.20 Å². The molecule has 19 heavy (non-hydrogen) atoms. The van der Waals surface area contributed by atoms with Crippen molar-refractivity contribution in [3.63, 3.8) is 0 Å². The van der Waals surface area contributed by atoms with Gasteiger partial charge in [-0.1, -0.05) is 30.3 Å².